The van der Waals surface area contributed by atoms with Crippen LogP contribution in [0.1, 0.15) is 122 Å². The van der Waals surface area contributed by atoms with Gasteiger partial charge in [-0.3, -0.25) is 9.97 Å². The van der Waals surface area contributed by atoms with Gasteiger partial charge in [0.05, 0.1) is 50.5 Å². The molecule has 6 aromatic carbocycles. The third-order valence-electron chi connectivity index (χ3n) is 15.1. The van der Waals surface area contributed by atoms with Crippen molar-refractivity contribution in [3.05, 3.63) is 206 Å². The van der Waals surface area contributed by atoms with E-state index in [0.717, 1.165) is 106 Å². The van der Waals surface area contributed by atoms with Gasteiger partial charge in [0.2, 0.25) is 0 Å². The first kappa shape index (κ1) is 55.4. The van der Waals surface area contributed by atoms with Crippen LogP contribution in [-0.2, 0) is 57.2 Å². The average molecular weight is 1130 g/mol. The number of aromatic nitrogens is 2. The molecule has 0 N–H and O–H groups in total. The molecule has 1 saturated carbocycles. The number of rotatable bonds is 4. The van der Waals surface area contributed by atoms with Gasteiger partial charge in [0.1, 0.15) is 44.6 Å². The summed E-state index contributed by atoms with van der Waals surface area (Å²) in [4.78, 5) is 35.7. The van der Waals surface area contributed by atoms with E-state index in [9.17, 15) is 4.39 Å². The first-order valence-corrected chi connectivity index (χ1v) is 28.7. The number of hydrogen-bond acceptors (Lipinski definition) is 14. The molecule has 82 heavy (non-hydrogen) atoms. The molecule has 0 bridgehead atoms. The number of halogens is 2. The van der Waals surface area contributed by atoms with Crippen molar-refractivity contribution in [3.63, 3.8) is 0 Å². The van der Waals surface area contributed by atoms with Crippen LogP contribution in [-0.4, -0.2) is 45.1 Å². The molecule has 13 nitrogen and oxygen atoms in total. The van der Waals surface area contributed by atoms with Crippen molar-refractivity contribution in [3.8, 4) is 16.2 Å². The van der Waals surface area contributed by atoms with Crippen molar-refractivity contribution < 1.29 is 33.3 Å². The van der Waals surface area contributed by atoms with E-state index in [1.807, 2.05) is 89.3 Å². The van der Waals surface area contributed by atoms with Crippen molar-refractivity contribution in [2.24, 2.45) is 31.7 Å². The van der Waals surface area contributed by atoms with Gasteiger partial charge in [-0.25, -0.2) is 4.39 Å². The Morgan fingerprint density at radius 2 is 1.07 bits per heavy atom. The van der Waals surface area contributed by atoms with Gasteiger partial charge in [-0.05, 0) is 136 Å². The lowest BCUT2D eigenvalue weighted by Crippen LogP contribution is -2.15. The Hall–Kier alpha value is -8.53. The molecule has 0 unspecified atom stereocenters. The molecule has 15 rings (SSSR count). The molecule has 0 amide bonds. The number of hydrogen-bond donors (Lipinski definition) is 0. The Balaban J connectivity index is 0.000000108. The molecule has 416 valence electrons. The Labute approximate surface area is 484 Å². The fourth-order valence-corrected chi connectivity index (χ4v) is 11.9. The van der Waals surface area contributed by atoms with E-state index in [4.69, 9.17) is 40.5 Å². The molecule has 1 aliphatic carbocycles. The number of thiophene rings is 1. The molecule has 16 heteroatoms. The second-order valence-corrected chi connectivity index (χ2v) is 22.4. The number of pyridine rings is 2. The monoisotopic (exact) mass is 1130 g/mol. The first-order valence-electron chi connectivity index (χ1n) is 27.5. The van der Waals surface area contributed by atoms with Gasteiger partial charge in [-0.1, -0.05) is 117 Å². The number of nitrogens with zero attached hydrogens (tertiary/aromatic N) is 7. The van der Waals surface area contributed by atoms with Crippen LogP contribution in [0, 0.1) is 11.7 Å². The van der Waals surface area contributed by atoms with Gasteiger partial charge < -0.3 is 28.9 Å². The Bertz CT molecular complexity index is 3900. The predicted molar refractivity (Wildman–Crippen MR) is 326 cm³/mol. The van der Waals surface area contributed by atoms with E-state index in [1.165, 1.54) is 88.1 Å². The third-order valence-corrected chi connectivity index (χ3v) is 16.4. The smallest absolute Gasteiger partial charge is 0.145 e. The second-order valence-electron chi connectivity index (χ2n) is 20.6. The van der Waals surface area contributed by atoms with Crippen molar-refractivity contribution in [2.75, 3.05) is 6.61 Å². The van der Waals surface area contributed by atoms with Gasteiger partial charge in [-0.15, -0.1) is 11.3 Å². The van der Waals surface area contributed by atoms with Gasteiger partial charge in [0.25, 0.3) is 0 Å². The van der Waals surface area contributed by atoms with Crippen molar-refractivity contribution in [1.82, 2.24) is 9.97 Å². The summed E-state index contributed by atoms with van der Waals surface area (Å²) in [5, 5.41) is 24.1. The van der Waals surface area contributed by atoms with E-state index in [1.54, 1.807) is 23.6 Å². The highest BCUT2D eigenvalue weighted by Gasteiger charge is 2.20. The van der Waals surface area contributed by atoms with Crippen molar-refractivity contribution >= 4 is 84.1 Å². The van der Waals surface area contributed by atoms with Crippen LogP contribution >= 0.6 is 22.9 Å². The van der Waals surface area contributed by atoms with Gasteiger partial charge >= 0.3 is 0 Å². The van der Waals surface area contributed by atoms with E-state index >= 15 is 0 Å². The molecule has 0 spiro atoms. The number of ether oxygens (including phenoxy) is 1. The van der Waals surface area contributed by atoms with E-state index in [-0.39, 0.29) is 5.82 Å². The lowest BCUT2D eigenvalue weighted by atomic mass is 9.90. The Kier molecular flexibility index (Phi) is 17.2. The van der Waals surface area contributed by atoms with Gasteiger partial charge in [-0.2, -0.15) is 0 Å². The second kappa shape index (κ2) is 25.5. The summed E-state index contributed by atoms with van der Waals surface area (Å²) < 4.78 is 19.9. The number of oxime groups is 5. The van der Waals surface area contributed by atoms with Gasteiger partial charge in [0, 0.05) is 83.7 Å². The summed E-state index contributed by atoms with van der Waals surface area (Å²) in [7, 11) is 0. The van der Waals surface area contributed by atoms with Crippen LogP contribution in [0.3, 0.4) is 0 Å². The SMILES string of the molecule is CC1=NOCc2c1ccc1cc(F)ccc21.CC1=NOCc2c1ccc1cccnc21.CC1=NOCc2c1ccc1ncccc21.CC1=NOCc2cc(-c3ccc(Cl)s3)ccc21.CC1=NOCc2cc(OCC3CCCCC3)ccc21. The molecule has 8 heterocycles. The fraction of sp³-hybridized carbons (Fsp3) is 0.258. The zero-order valence-electron chi connectivity index (χ0n) is 46.4. The largest absolute Gasteiger partial charge is 0.493 e. The fourth-order valence-electron chi connectivity index (χ4n) is 10.9. The maximum atomic E-state index is 13.1. The lowest BCUT2D eigenvalue weighted by molar-refractivity contribution is 0.125. The molecule has 3 aromatic heterocycles. The number of benzene rings is 6. The summed E-state index contributed by atoms with van der Waals surface area (Å²) in [6.07, 6.45) is 10.4. The first-order chi connectivity index (χ1) is 40.0. The predicted octanol–water partition coefficient (Wildman–Crippen LogP) is 16.4. The zero-order valence-corrected chi connectivity index (χ0v) is 48.0. The maximum Gasteiger partial charge on any atom is 0.145 e. The molecule has 1 fully saturated rings. The van der Waals surface area contributed by atoms with E-state index in [0.29, 0.717) is 33.0 Å². The molecular weight excluding hydrogens is 1070 g/mol. The molecular formula is C66H61ClFN7O6S. The average Bonchev–Trinajstić information content (AvgIpc) is 3.98. The highest BCUT2D eigenvalue weighted by molar-refractivity contribution is 7.19. The highest BCUT2D eigenvalue weighted by atomic mass is 35.5. The third kappa shape index (κ3) is 12.7. The van der Waals surface area contributed by atoms with Crippen molar-refractivity contribution in [2.45, 2.75) is 99.8 Å². The molecule has 0 radical (unpaired) electrons. The van der Waals surface area contributed by atoms with Crippen LogP contribution < -0.4 is 4.74 Å². The standard InChI is InChI=1S/C16H21NO2.C13H10ClNOS.C13H10FNO.2C12H10N2O/c1-12-16-8-7-15(9-14(16)11-19-17-12)18-10-13-5-3-2-4-6-13;1-8-11-3-2-9(6-10(11)7-16-15-8)12-4-5-13(14)17-12;1-8-11-4-2-9-6-10(14)3-5-12(9)13(11)7-16-15-8;1-8-9-4-5-12-10(3-2-6-13-12)11(9)7-15-14-8;1-8-10-5-4-9-3-2-6-13-12(9)11(10)7-15-14-8/h7-9,13H,2-6,10-11H2,1H3;2-6H,7H2,1H3;2-6H,7H2,1H3;2*2-6H,7H2,1H3. The minimum absolute atomic E-state index is 0.213. The maximum absolute atomic E-state index is 13.1. The van der Waals surface area contributed by atoms with Crippen LogP contribution in [0.4, 0.5) is 4.39 Å². The Morgan fingerprint density at radius 3 is 1.76 bits per heavy atom. The molecule has 0 atom stereocenters. The van der Waals surface area contributed by atoms with E-state index < -0.39 is 0 Å². The van der Waals surface area contributed by atoms with Crippen molar-refractivity contribution in [1.29, 1.82) is 0 Å². The summed E-state index contributed by atoms with van der Waals surface area (Å²) >= 11 is 7.54. The molecule has 0 saturated heterocycles. The zero-order chi connectivity index (χ0) is 56.5. The Morgan fingerprint density at radius 1 is 0.512 bits per heavy atom. The summed E-state index contributed by atoms with van der Waals surface area (Å²) in [5.74, 6) is 1.49. The lowest BCUT2D eigenvalue weighted by Gasteiger charge is -2.22. The quantitative estimate of drug-likeness (QED) is 0.169. The molecule has 6 aliphatic rings. The summed E-state index contributed by atoms with van der Waals surface area (Å²) in [6, 6.07) is 41.5. The summed E-state index contributed by atoms with van der Waals surface area (Å²) in [6.45, 7) is 13.2. The highest BCUT2D eigenvalue weighted by Crippen LogP contribution is 2.34. The van der Waals surface area contributed by atoms with Gasteiger partial charge in [0.15, 0.2) is 0 Å². The topological polar surface area (TPSA) is 143 Å². The van der Waals surface area contributed by atoms with E-state index in [2.05, 4.69) is 96.4 Å². The minimum atomic E-state index is -0.213. The summed E-state index contributed by atoms with van der Waals surface area (Å²) in [5.41, 5.74) is 19.3. The molecule has 9 aromatic rings. The van der Waals surface area contributed by atoms with Crippen LogP contribution in [0.2, 0.25) is 4.34 Å². The number of fused-ring (bicyclic) bond motifs is 11. The van der Waals surface area contributed by atoms with Crippen LogP contribution in [0.5, 0.6) is 5.75 Å². The minimum Gasteiger partial charge on any atom is -0.493 e. The van der Waals surface area contributed by atoms with Crippen LogP contribution in [0.15, 0.2) is 166 Å². The van der Waals surface area contributed by atoms with Crippen LogP contribution in [0.25, 0.3) is 43.0 Å². The normalized spacial score (nSPS) is 15.4. The molecule has 5 aliphatic heterocycles.